The first-order chi connectivity index (χ1) is 13.9. The summed E-state index contributed by atoms with van der Waals surface area (Å²) >= 11 is 0. The first-order valence-corrected chi connectivity index (χ1v) is 12.1. The average molecular weight is 419 g/mol. The number of allylic oxidation sites excluding steroid dienone is 2. The van der Waals surface area contributed by atoms with E-state index in [2.05, 4.69) is 60.6 Å². The Hall–Kier alpha value is -0.380. The van der Waals surface area contributed by atoms with Crippen LogP contribution in [0.3, 0.4) is 0 Å². The molecule has 0 N–H and O–H groups in total. The monoisotopic (exact) mass is 418 g/mol. The molecule has 0 aromatic carbocycles. The van der Waals surface area contributed by atoms with Crippen molar-refractivity contribution < 1.29 is 14.2 Å². The first kappa shape index (κ1) is 36.0. The summed E-state index contributed by atoms with van der Waals surface area (Å²) in [6, 6.07) is 0. The molecular formula is C26H58O3. The zero-order chi connectivity index (χ0) is 23.2. The van der Waals surface area contributed by atoms with Crippen molar-refractivity contribution in [3.8, 4) is 0 Å². The van der Waals surface area contributed by atoms with E-state index in [4.69, 9.17) is 14.2 Å². The Kier molecular flexibility index (Phi) is 47.5. The van der Waals surface area contributed by atoms with Gasteiger partial charge in [-0.25, -0.2) is 0 Å². The molecule has 0 aliphatic carbocycles. The summed E-state index contributed by atoms with van der Waals surface area (Å²) in [7, 11) is 5.25. The number of hydrogen-bond donors (Lipinski definition) is 0. The second-order valence-corrected chi connectivity index (χ2v) is 7.63. The van der Waals surface area contributed by atoms with Gasteiger partial charge in [0.15, 0.2) is 0 Å². The minimum atomic E-state index is 0.741. The van der Waals surface area contributed by atoms with Crippen molar-refractivity contribution in [3.63, 3.8) is 0 Å². The lowest BCUT2D eigenvalue weighted by molar-refractivity contribution is 0.155. The zero-order valence-electron chi connectivity index (χ0n) is 22.0. The Morgan fingerprint density at radius 1 is 0.621 bits per heavy atom. The summed E-state index contributed by atoms with van der Waals surface area (Å²) in [5, 5.41) is 0. The molecule has 0 amide bonds. The van der Waals surface area contributed by atoms with Crippen LogP contribution >= 0.6 is 0 Å². The summed E-state index contributed by atoms with van der Waals surface area (Å²) < 4.78 is 14.7. The predicted octanol–water partition coefficient (Wildman–Crippen LogP) is 8.32. The molecule has 0 aromatic heterocycles. The second-order valence-electron chi connectivity index (χ2n) is 7.63. The van der Waals surface area contributed by atoms with Crippen LogP contribution in [0, 0.1) is 11.8 Å². The highest BCUT2D eigenvalue weighted by atomic mass is 16.5. The SMILES string of the molecule is CCC(C)CCOC.CCC=CCC.CCCC(C)COC.CCCCCOC. The fraction of sp³-hybridized carbons (Fsp3) is 0.923. The van der Waals surface area contributed by atoms with Crippen molar-refractivity contribution in [1.82, 2.24) is 0 Å². The van der Waals surface area contributed by atoms with Crippen LogP contribution in [0.25, 0.3) is 0 Å². The molecule has 0 fully saturated rings. The summed E-state index contributed by atoms with van der Waals surface area (Å²) in [5.74, 6) is 1.57. The van der Waals surface area contributed by atoms with Crippen LogP contribution in [0.4, 0.5) is 0 Å². The molecule has 3 heteroatoms. The van der Waals surface area contributed by atoms with E-state index < -0.39 is 0 Å². The molecule has 0 heterocycles. The van der Waals surface area contributed by atoms with Gasteiger partial charge in [-0.05, 0) is 43.9 Å². The summed E-state index contributed by atoms with van der Waals surface area (Å²) in [6.07, 6.45) is 15.5. The van der Waals surface area contributed by atoms with Crippen molar-refractivity contribution in [3.05, 3.63) is 12.2 Å². The molecule has 0 spiro atoms. The molecule has 0 rings (SSSR count). The third-order valence-corrected chi connectivity index (χ3v) is 4.33. The van der Waals surface area contributed by atoms with Gasteiger partial charge in [0.05, 0.1) is 0 Å². The van der Waals surface area contributed by atoms with Gasteiger partial charge < -0.3 is 14.2 Å². The zero-order valence-corrected chi connectivity index (χ0v) is 22.0. The lowest BCUT2D eigenvalue weighted by Crippen LogP contribution is -2.01. The van der Waals surface area contributed by atoms with Crippen molar-refractivity contribution in [2.45, 2.75) is 106 Å². The lowest BCUT2D eigenvalue weighted by Gasteiger charge is -2.06. The molecule has 180 valence electrons. The molecule has 29 heavy (non-hydrogen) atoms. The molecule has 0 aliphatic rings. The number of methoxy groups -OCH3 is 3. The van der Waals surface area contributed by atoms with Crippen LogP contribution in [0.15, 0.2) is 12.2 Å². The molecule has 2 unspecified atom stereocenters. The van der Waals surface area contributed by atoms with E-state index in [1.54, 1.807) is 21.3 Å². The highest BCUT2D eigenvalue weighted by molar-refractivity contribution is 4.77. The largest absolute Gasteiger partial charge is 0.385 e. The van der Waals surface area contributed by atoms with Crippen LogP contribution in [0.2, 0.25) is 0 Å². The minimum absolute atomic E-state index is 0.741. The van der Waals surface area contributed by atoms with Crippen molar-refractivity contribution in [2.24, 2.45) is 11.8 Å². The maximum atomic E-state index is 4.96. The first-order valence-electron chi connectivity index (χ1n) is 12.1. The fourth-order valence-corrected chi connectivity index (χ4v) is 2.21. The topological polar surface area (TPSA) is 27.7 Å². The average Bonchev–Trinajstić information content (AvgIpc) is 2.72. The normalized spacial score (nSPS) is 12.1. The smallest absolute Gasteiger partial charge is 0.0487 e. The van der Waals surface area contributed by atoms with Crippen LogP contribution in [0.1, 0.15) is 106 Å². The minimum Gasteiger partial charge on any atom is -0.385 e. The van der Waals surface area contributed by atoms with Crippen molar-refractivity contribution >= 4 is 0 Å². The van der Waals surface area contributed by atoms with E-state index in [0.717, 1.165) is 31.7 Å². The number of unbranched alkanes of at least 4 members (excludes halogenated alkanes) is 2. The van der Waals surface area contributed by atoms with Gasteiger partial charge in [-0.3, -0.25) is 0 Å². The molecular weight excluding hydrogens is 360 g/mol. The summed E-state index contributed by atoms with van der Waals surface area (Å²) in [4.78, 5) is 0. The highest BCUT2D eigenvalue weighted by Gasteiger charge is 1.96. The van der Waals surface area contributed by atoms with E-state index in [1.165, 1.54) is 57.8 Å². The Labute approximate surface area is 186 Å². The number of ether oxygens (including phenoxy) is 3. The molecule has 0 aliphatic heterocycles. The van der Waals surface area contributed by atoms with Gasteiger partial charge in [-0.1, -0.05) is 86.3 Å². The van der Waals surface area contributed by atoms with Gasteiger partial charge in [0.25, 0.3) is 0 Å². The van der Waals surface area contributed by atoms with Gasteiger partial charge in [-0.15, -0.1) is 0 Å². The Morgan fingerprint density at radius 2 is 1.17 bits per heavy atom. The van der Waals surface area contributed by atoms with Crippen molar-refractivity contribution in [1.29, 1.82) is 0 Å². The van der Waals surface area contributed by atoms with E-state index in [9.17, 15) is 0 Å². The maximum absolute atomic E-state index is 4.96. The van der Waals surface area contributed by atoms with Gasteiger partial charge in [0.2, 0.25) is 0 Å². The fourth-order valence-electron chi connectivity index (χ4n) is 2.21. The Bertz CT molecular complexity index is 238. The summed E-state index contributed by atoms with van der Waals surface area (Å²) in [5.41, 5.74) is 0. The van der Waals surface area contributed by atoms with Crippen molar-refractivity contribution in [2.75, 3.05) is 41.2 Å². The third kappa shape index (κ3) is 52.3. The molecule has 3 nitrogen and oxygen atoms in total. The van der Waals surface area contributed by atoms with Crippen LogP contribution in [-0.2, 0) is 14.2 Å². The molecule has 0 saturated carbocycles. The Balaban J connectivity index is -0.000000145. The van der Waals surface area contributed by atoms with E-state index >= 15 is 0 Å². The van der Waals surface area contributed by atoms with E-state index in [0.29, 0.717) is 0 Å². The van der Waals surface area contributed by atoms with Crippen LogP contribution in [0.5, 0.6) is 0 Å². The van der Waals surface area contributed by atoms with Gasteiger partial charge in [0, 0.05) is 41.2 Å². The number of hydrogen-bond acceptors (Lipinski definition) is 3. The molecule has 0 saturated heterocycles. The van der Waals surface area contributed by atoms with Crippen LogP contribution in [-0.4, -0.2) is 41.2 Å². The maximum Gasteiger partial charge on any atom is 0.0487 e. The standard InChI is InChI=1S/2C7H16O.C6H14O.C6H12/c1-4-7(2)5-6-8-3;1-4-5-7(2)6-8-3;1-3-4-5-6-7-2;1-3-5-6-4-2/h2*7H,4-6H2,1-3H3;3-6H2,1-2H3;5-6H,3-4H2,1-2H3. The van der Waals surface area contributed by atoms with Gasteiger partial charge in [-0.2, -0.15) is 0 Å². The predicted molar refractivity (Wildman–Crippen MR) is 133 cm³/mol. The third-order valence-electron chi connectivity index (χ3n) is 4.33. The lowest BCUT2D eigenvalue weighted by atomic mass is 10.1. The van der Waals surface area contributed by atoms with E-state index in [1.807, 2.05) is 0 Å². The van der Waals surface area contributed by atoms with Gasteiger partial charge >= 0.3 is 0 Å². The highest BCUT2D eigenvalue weighted by Crippen LogP contribution is 2.05. The second kappa shape index (κ2) is 38.3. The van der Waals surface area contributed by atoms with E-state index in [-0.39, 0.29) is 0 Å². The van der Waals surface area contributed by atoms with Gasteiger partial charge in [0.1, 0.15) is 0 Å². The number of rotatable bonds is 14. The van der Waals surface area contributed by atoms with Crippen LogP contribution < -0.4 is 0 Å². The Morgan fingerprint density at radius 3 is 1.52 bits per heavy atom. The summed E-state index contributed by atoms with van der Waals surface area (Å²) in [6.45, 7) is 18.1. The molecule has 0 aromatic rings. The quantitative estimate of drug-likeness (QED) is 0.209. The molecule has 2 atom stereocenters. The molecule has 0 radical (unpaired) electrons. The molecule has 0 bridgehead atoms.